The number of methoxy groups -OCH3 is 1. The van der Waals surface area contributed by atoms with Crippen LogP contribution in [0.1, 0.15) is 18.4 Å². The van der Waals surface area contributed by atoms with Crippen molar-refractivity contribution in [2.24, 2.45) is 0 Å². The van der Waals surface area contributed by atoms with Crippen LogP contribution in [0.3, 0.4) is 0 Å². The van der Waals surface area contributed by atoms with Gasteiger partial charge < -0.3 is 9.47 Å². The van der Waals surface area contributed by atoms with Gasteiger partial charge in [0, 0.05) is 6.42 Å². The molecule has 14 heavy (non-hydrogen) atoms. The van der Waals surface area contributed by atoms with E-state index < -0.39 is 0 Å². The smallest absolute Gasteiger partial charge is 0.311 e. The summed E-state index contributed by atoms with van der Waals surface area (Å²) in [5.74, 6) is 1.34. The molecule has 0 saturated heterocycles. The fourth-order valence-corrected chi connectivity index (χ4v) is 1.57. The highest BCUT2D eigenvalue weighted by atomic mass is 16.5. The van der Waals surface area contributed by atoms with E-state index >= 15 is 0 Å². The first-order chi connectivity index (χ1) is 6.79. The van der Waals surface area contributed by atoms with E-state index in [1.165, 1.54) is 0 Å². The number of hydrogen-bond donors (Lipinski definition) is 0. The molecule has 3 nitrogen and oxygen atoms in total. The van der Waals surface area contributed by atoms with Crippen LogP contribution in [0.4, 0.5) is 0 Å². The van der Waals surface area contributed by atoms with Gasteiger partial charge in [-0.05, 0) is 36.6 Å². The summed E-state index contributed by atoms with van der Waals surface area (Å²) in [5.41, 5.74) is 1.05. The number of esters is 1. The van der Waals surface area contributed by atoms with Gasteiger partial charge in [0.1, 0.15) is 11.5 Å². The standard InChI is InChI=1S/C11H12O3/c1-13-9-5-6-10-8(7-9)3-2-4-11(12)14-10/h5-7H,2-4H2,1H3. The summed E-state index contributed by atoms with van der Waals surface area (Å²) in [7, 11) is 1.63. The number of hydrogen-bond acceptors (Lipinski definition) is 3. The molecule has 3 heteroatoms. The summed E-state index contributed by atoms with van der Waals surface area (Å²) >= 11 is 0. The average Bonchev–Trinajstić information content (AvgIpc) is 2.37. The molecule has 74 valence electrons. The quantitative estimate of drug-likeness (QED) is 0.504. The Labute approximate surface area is 82.6 Å². The highest BCUT2D eigenvalue weighted by Gasteiger charge is 2.14. The number of benzene rings is 1. The Hall–Kier alpha value is -1.51. The van der Waals surface area contributed by atoms with Crippen LogP contribution in [-0.4, -0.2) is 13.1 Å². The van der Waals surface area contributed by atoms with Crippen molar-refractivity contribution in [2.45, 2.75) is 19.3 Å². The summed E-state index contributed by atoms with van der Waals surface area (Å²) in [6.45, 7) is 0. The lowest BCUT2D eigenvalue weighted by Crippen LogP contribution is -2.05. The van der Waals surface area contributed by atoms with Crippen LogP contribution in [0.2, 0.25) is 0 Å². The van der Waals surface area contributed by atoms with Crippen LogP contribution in [0.15, 0.2) is 18.2 Å². The van der Waals surface area contributed by atoms with Crippen molar-refractivity contribution in [3.63, 3.8) is 0 Å². The highest BCUT2D eigenvalue weighted by molar-refractivity contribution is 5.73. The third kappa shape index (κ3) is 1.71. The minimum absolute atomic E-state index is 0.145. The zero-order valence-corrected chi connectivity index (χ0v) is 8.08. The van der Waals surface area contributed by atoms with Crippen LogP contribution < -0.4 is 9.47 Å². The Bertz CT molecular complexity index is 358. The Morgan fingerprint density at radius 3 is 3.00 bits per heavy atom. The van der Waals surface area contributed by atoms with Crippen molar-refractivity contribution >= 4 is 5.97 Å². The number of carbonyl (C=O) groups is 1. The van der Waals surface area contributed by atoms with Crippen molar-refractivity contribution in [3.05, 3.63) is 23.8 Å². The van der Waals surface area contributed by atoms with Gasteiger partial charge in [0.15, 0.2) is 0 Å². The van der Waals surface area contributed by atoms with E-state index in [0.29, 0.717) is 12.2 Å². The van der Waals surface area contributed by atoms with Gasteiger partial charge in [-0.1, -0.05) is 0 Å². The third-order valence-electron chi connectivity index (χ3n) is 2.32. The summed E-state index contributed by atoms with van der Waals surface area (Å²) in [5, 5.41) is 0. The normalized spacial score (nSPS) is 15.4. The van der Waals surface area contributed by atoms with E-state index in [0.717, 1.165) is 24.2 Å². The van der Waals surface area contributed by atoms with Gasteiger partial charge in [0.2, 0.25) is 0 Å². The largest absolute Gasteiger partial charge is 0.497 e. The predicted molar refractivity (Wildman–Crippen MR) is 51.6 cm³/mol. The van der Waals surface area contributed by atoms with Gasteiger partial charge in [-0.15, -0.1) is 0 Å². The molecule has 0 aromatic heterocycles. The predicted octanol–water partition coefficient (Wildman–Crippen LogP) is 1.94. The maximum Gasteiger partial charge on any atom is 0.311 e. The summed E-state index contributed by atoms with van der Waals surface area (Å²) < 4.78 is 10.3. The number of ether oxygens (including phenoxy) is 2. The van der Waals surface area contributed by atoms with E-state index in [4.69, 9.17) is 9.47 Å². The molecule has 0 atom stereocenters. The Kier molecular flexibility index (Phi) is 2.39. The first-order valence-corrected chi connectivity index (χ1v) is 4.67. The van der Waals surface area contributed by atoms with Gasteiger partial charge in [-0.2, -0.15) is 0 Å². The van der Waals surface area contributed by atoms with Crippen molar-refractivity contribution in [3.8, 4) is 11.5 Å². The molecule has 0 bridgehead atoms. The zero-order chi connectivity index (χ0) is 9.97. The molecule has 0 N–H and O–H groups in total. The maximum atomic E-state index is 11.1. The van der Waals surface area contributed by atoms with Crippen molar-refractivity contribution in [2.75, 3.05) is 7.11 Å². The first kappa shape index (κ1) is 9.06. The molecule has 0 aliphatic carbocycles. The second-order valence-corrected chi connectivity index (χ2v) is 3.30. The average molecular weight is 192 g/mol. The summed E-state index contributed by atoms with van der Waals surface area (Å²) in [6.07, 6.45) is 2.22. The zero-order valence-electron chi connectivity index (χ0n) is 8.08. The second kappa shape index (κ2) is 3.70. The minimum Gasteiger partial charge on any atom is -0.497 e. The van der Waals surface area contributed by atoms with Crippen molar-refractivity contribution in [1.29, 1.82) is 0 Å². The van der Waals surface area contributed by atoms with Gasteiger partial charge in [0.25, 0.3) is 0 Å². The number of carbonyl (C=O) groups excluding carboxylic acids is 1. The number of rotatable bonds is 1. The molecule has 1 aromatic carbocycles. The molecule has 0 fully saturated rings. The first-order valence-electron chi connectivity index (χ1n) is 4.67. The summed E-state index contributed by atoms with van der Waals surface area (Å²) in [4.78, 5) is 11.1. The van der Waals surface area contributed by atoms with E-state index in [-0.39, 0.29) is 5.97 Å². The lowest BCUT2D eigenvalue weighted by molar-refractivity contribution is -0.134. The SMILES string of the molecule is COc1ccc2c(c1)CCCC(=O)O2. The Morgan fingerprint density at radius 1 is 1.36 bits per heavy atom. The molecule has 2 rings (SSSR count). The maximum absolute atomic E-state index is 11.1. The molecule has 1 heterocycles. The molecule has 1 aliphatic rings. The third-order valence-corrected chi connectivity index (χ3v) is 2.32. The number of fused-ring (bicyclic) bond motifs is 1. The monoisotopic (exact) mass is 192 g/mol. The van der Waals surface area contributed by atoms with Gasteiger partial charge >= 0.3 is 5.97 Å². The van der Waals surface area contributed by atoms with Crippen LogP contribution in [0, 0.1) is 0 Å². The van der Waals surface area contributed by atoms with E-state index in [9.17, 15) is 4.79 Å². The number of aryl methyl sites for hydroxylation is 1. The molecule has 0 amide bonds. The van der Waals surface area contributed by atoms with Crippen molar-refractivity contribution in [1.82, 2.24) is 0 Å². The van der Waals surface area contributed by atoms with Crippen LogP contribution in [0.5, 0.6) is 11.5 Å². The lowest BCUT2D eigenvalue weighted by Gasteiger charge is -2.06. The fourth-order valence-electron chi connectivity index (χ4n) is 1.57. The molecule has 0 radical (unpaired) electrons. The molecule has 1 aliphatic heterocycles. The Balaban J connectivity index is 2.35. The molecule has 0 spiro atoms. The van der Waals surface area contributed by atoms with Gasteiger partial charge in [-0.3, -0.25) is 4.79 Å². The fraction of sp³-hybridized carbons (Fsp3) is 0.364. The molecular weight excluding hydrogens is 180 g/mol. The van der Waals surface area contributed by atoms with Crippen LogP contribution >= 0.6 is 0 Å². The topological polar surface area (TPSA) is 35.5 Å². The highest BCUT2D eigenvalue weighted by Crippen LogP contribution is 2.28. The van der Waals surface area contributed by atoms with Crippen LogP contribution in [0.25, 0.3) is 0 Å². The Morgan fingerprint density at radius 2 is 2.21 bits per heavy atom. The van der Waals surface area contributed by atoms with E-state index in [1.54, 1.807) is 19.2 Å². The molecule has 0 unspecified atom stereocenters. The molecule has 1 aromatic rings. The van der Waals surface area contributed by atoms with Gasteiger partial charge in [0.05, 0.1) is 7.11 Å². The van der Waals surface area contributed by atoms with Gasteiger partial charge in [-0.25, -0.2) is 0 Å². The lowest BCUT2D eigenvalue weighted by atomic mass is 10.1. The molecule has 0 saturated carbocycles. The molecular formula is C11H12O3. The van der Waals surface area contributed by atoms with E-state index in [1.807, 2.05) is 6.07 Å². The van der Waals surface area contributed by atoms with Crippen molar-refractivity contribution < 1.29 is 14.3 Å². The second-order valence-electron chi connectivity index (χ2n) is 3.30. The minimum atomic E-state index is -0.145. The van der Waals surface area contributed by atoms with Crippen LogP contribution in [-0.2, 0) is 11.2 Å². The van der Waals surface area contributed by atoms with E-state index in [2.05, 4.69) is 0 Å². The summed E-state index contributed by atoms with van der Waals surface area (Å²) in [6, 6.07) is 5.52.